The summed E-state index contributed by atoms with van der Waals surface area (Å²) in [5.41, 5.74) is 1.74. The Hall–Kier alpha value is -1.17. The molecule has 1 aromatic heterocycles. The molecule has 0 spiro atoms. The first-order valence-electron chi connectivity index (χ1n) is 6.39. The van der Waals surface area contributed by atoms with E-state index in [0.29, 0.717) is 5.58 Å². The maximum atomic E-state index is 13.3. The third-order valence-electron chi connectivity index (χ3n) is 3.29. The zero-order chi connectivity index (χ0) is 15.0. The highest BCUT2D eigenvalue weighted by atomic mass is 79.9. The summed E-state index contributed by atoms with van der Waals surface area (Å²) in [5.74, 6) is 0.490. The van der Waals surface area contributed by atoms with Crippen LogP contribution >= 0.6 is 31.9 Å². The molecule has 3 rings (SSSR count). The van der Waals surface area contributed by atoms with E-state index in [4.69, 9.17) is 4.42 Å². The third kappa shape index (κ3) is 3.05. The molecule has 2 nitrogen and oxygen atoms in total. The first-order valence-corrected chi connectivity index (χ1v) is 7.97. The van der Waals surface area contributed by atoms with Gasteiger partial charge in [-0.05, 0) is 55.1 Å². The molecule has 3 aromatic rings. The Morgan fingerprint density at radius 2 is 1.76 bits per heavy atom. The minimum atomic E-state index is -0.263. The van der Waals surface area contributed by atoms with E-state index in [1.807, 2.05) is 31.3 Å². The van der Waals surface area contributed by atoms with Crippen molar-refractivity contribution >= 4 is 42.8 Å². The van der Waals surface area contributed by atoms with Crippen LogP contribution in [-0.2, 0) is 0 Å². The largest absolute Gasteiger partial charge is 0.459 e. The summed E-state index contributed by atoms with van der Waals surface area (Å²) in [6.07, 6.45) is 0. The molecule has 0 saturated carbocycles. The van der Waals surface area contributed by atoms with Crippen LogP contribution in [0, 0.1) is 5.82 Å². The molecule has 0 amide bonds. The Labute approximate surface area is 138 Å². The number of halogens is 3. The van der Waals surface area contributed by atoms with Crippen molar-refractivity contribution in [2.75, 3.05) is 7.05 Å². The molecule has 1 N–H and O–H groups in total. The van der Waals surface area contributed by atoms with Gasteiger partial charge in [0.1, 0.15) is 17.2 Å². The van der Waals surface area contributed by atoms with Gasteiger partial charge in [0, 0.05) is 14.3 Å². The predicted molar refractivity (Wildman–Crippen MR) is 88.9 cm³/mol. The number of furan rings is 1. The zero-order valence-corrected chi connectivity index (χ0v) is 14.3. The van der Waals surface area contributed by atoms with E-state index < -0.39 is 0 Å². The van der Waals surface area contributed by atoms with Gasteiger partial charge in [0.25, 0.3) is 0 Å². The number of nitrogens with one attached hydrogen (secondary N) is 1. The molecular formula is C16H12Br2FNO. The SMILES string of the molecule is CNC(c1cc(Br)cc(Br)c1)c1cc2cc(F)ccc2o1. The van der Waals surface area contributed by atoms with Gasteiger partial charge < -0.3 is 9.73 Å². The van der Waals surface area contributed by atoms with Crippen molar-refractivity contribution in [1.29, 1.82) is 0 Å². The Kier molecular flexibility index (Phi) is 4.15. The van der Waals surface area contributed by atoms with Gasteiger partial charge in [0.05, 0.1) is 6.04 Å². The van der Waals surface area contributed by atoms with Crippen LogP contribution in [0.5, 0.6) is 0 Å². The average Bonchev–Trinajstić information content (AvgIpc) is 2.81. The Morgan fingerprint density at radius 3 is 2.43 bits per heavy atom. The van der Waals surface area contributed by atoms with Gasteiger partial charge >= 0.3 is 0 Å². The lowest BCUT2D eigenvalue weighted by atomic mass is 10.0. The minimum Gasteiger partial charge on any atom is -0.459 e. The van der Waals surface area contributed by atoms with Gasteiger partial charge in [0.15, 0.2) is 0 Å². The molecule has 5 heteroatoms. The predicted octanol–water partition coefficient (Wildman–Crippen LogP) is 5.41. The van der Waals surface area contributed by atoms with E-state index in [9.17, 15) is 4.39 Å². The van der Waals surface area contributed by atoms with Crippen LogP contribution in [0.15, 0.2) is 55.8 Å². The smallest absolute Gasteiger partial charge is 0.134 e. The lowest BCUT2D eigenvalue weighted by Crippen LogP contribution is -2.17. The van der Waals surface area contributed by atoms with E-state index in [1.165, 1.54) is 12.1 Å². The van der Waals surface area contributed by atoms with Gasteiger partial charge in [0.2, 0.25) is 0 Å². The molecule has 108 valence electrons. The standard InChI is InChI=1S/C16H12Br2FNO/c1-20-16(10-4-11(17)8-12(18)5-10)15-7-9-6-13(19)2-3-14(9)21-15/h2-8,16,20H,1H3. The van der Waals surface area contributed by atoms with Crippen molar-refractivity contribution in [3.63, 3.8) is 0 Å². The van der Waals surface area contributed by atoms with Gasteiger partial charge in [-0.2, -0.15) is 0 Å². The summed E-state index contributed by atoms with van der Waals surface area (Å²) in [7, 11) is 1.87. The summed E-state index contributed by atoms with van der Waals surface area (Å²) < 4.78 is 21.1. The molecular weight excluding hydrogens is 401 g/mol. The summed E-state index contributed by atoms with van der Waals surface area (Å²) in [6, 6.07) is 12.3. The van der Waals surface area contributed by atoms with Crippen molar-refractivity contribution in [1.82, 2.24) is 5.32 Å². The monoisotopic (exact) mass is 411 g/mol. The molecule has 0 radical (unpaired) electrons. The van der Waals surface area contributed by atoms with Crippen LogP contribution in [0.3, 0.4) is 0 Å². The molecule has 0 saturated heterocycles. The van der Waals surface area contributed by atoms with E-state index in [1.54, 1.807) is 6.07 Å². The highest BCUT2D eigenvalue weighted by molar-refractivity contribution is 9.11. The second-order valence-corrected chi connectivity index (χ2v) is 6.59. The molecule has 1 atom stereocenters. The zero-order valence-electron chi connectivity index (χ0n) is 11.2. The molecule has 2 aromatic carbocycles. The molecule has 0 aliphatic rings. The van der Waals surface area contributed by atoms with E-state index in [-0.39, 0.29) is 11.9 Å². The Morgan fingerprint density at radius 1 is 1.05 bits per heavy atom. The van der Waals surface area contributed by atoms with E-state index in [2.05, 4.69) is 37.2 Å². The summed E-state index contributed by atoms with van der Waals surface area (Å²) >= 11 is 6.98. The lowest BCUT2D eigenvalue weighted by Gasteiger charge is -2.15. The summed E-state index contributed by atoms with van der Waals surface area (Å²) in [5, 5.41) is 4.00. The Balaban J connectivity index is 2.08. The molecule has 0 fully saturated rings. The second-order valence-electron chi connectivity index (χ2n) is 4.76. The molecule has 1 unspecified atom stereocenters. The average molecular weight is 413 g/mol. The fourth-order valence-corrected chi connectivity index (χ4v) is 3.72. The van der Waals surface area contributed by atoms with Crippen LogP contribution in [0.4, 0.5) is 4.39 Å². The molecule has 1 heterocycles. The number of benzene rings is 2. The molecule has 0 bridgehead atoms. The van der Waals surface area contributed by atoms with Crippen molar-refractivity contribution in [2.45, 2.75) is 6.04 Å². The first-order chi connectivity index (χ1) is 10.1. The van der Waals surface area contributed by atoms with E-state index >= 15 is 0 Å². The molecule has 21 heavy (non-hydrogen) atoms. The fourth-order valence-electron chi connectivity index (χ4n) is 2.39. The van der Waals surface area contributed by atoms with Gasteiger partial charge in [-0.3, -0.25) is 0 Å². The van der Waals surface area contributed by atoms with E-state index in [0.717, 1.165) is 25.7 Å². The topological polar surface area (TPSA) is 25.2 Å². The number of rotatable bonds is 3. The lowest BCUT2D eigenvalue weighted by molar-refractivity contribution is 0.491. The van der Waals surface area contributed by atoms with Crippen LogP contribution in [0.2, 0.25) is 0 Å². The number of hydrogen-bond acceptors (Lipinski definition) is 2. The quantitative estimate of drug-likeness (QED) is 0.622. The second kappa shape index (κ2) is 5.91. The first kappa shape index (κ1) is 14.8. The maximum absolute atomic E-state index is 13.3. The molecule has 0 aliphatic heterocycles. The van der Waals surface area contributed by atoms with Crippen LogP contribution in [0.25, 0.3) is 11.0 Å². The highest BCUT2D eigenvalue weighted by Gasteiger charge is 2.18. The number of hydrogen-bond donors (Lipinski definition) is 1. The Bertz CT molecular complexity index is 780. The fraction of sp³-hybridized carbons (Fsp3) is 0.125. The summed E-state index contributed by atoms with van der Waals surface area (Å²) in [6.45, 7) is 0. The maximum Gasteiger partial charge on any atom is 0.134 e. The van der Waals surface area contributed by atoms with Crippen molar-refractivity contribution in [2.24, 2.45) is 0 Å². The normalized spacial score (nSPS) is 12.8. The summed E-state index contributed by atoms with van der Waals surface area (Å²) in [4.78, 5) is 0. The van der Waals surface area contributed by atoms with Gasteiger partial charge in [-0.1, -0.05) is 31.9 Å². The third-order valence-corrected chi connectivity index (χ3v) is 4.20. The molecule has 0 aliphatic carbocycles. The van der Waals surface area contributed by atoms with Gasteiger partial charge in [-0.15, -0.1) is 0 Å². The van der Waals surface area contributed by atoms with Crippen molar-refractivity contribution in [3.05, 3.63) is 68.6 Å². The number of fused-ring (bicyclic) bond motifs is 1. The van der Waals surface area contributed by atoms with Crippen LogP contribution < -0.4 is 5.32 Å². The highest BCUT2D eigenvalue weighted by Crippen LogP contribution is 2.31. The van der Waals surface area contributed by atoms with Crippen LogP contribution in [-0.4, -0.2) is 7.05 Å². The van der Waals surface area contributed by atoms with Gasteiger partial charge in [-0.25, -0.2) is 4.39 Å². The minimum absolute atomic E-state index is 0.103. The van der Waals surface area contributed by atoms with Crippen molar-refractivity contribution in [3.8, 4) is 0 Å². The van der Waals surface area contributed by atoms with Crippen molar-refractivity contribution < 1.29 is 8.81 Å². The van der Waals surface area contributed by atoms with Crippen LogP contribution in [0.1, 0.15) is 17.4 Å².